The van der Waals surface area contributed by atoms with Gasteiger partial charge in [0.2, 0.25) is 0 Å². The summed E-state index contributed by atoms with van der Waals surface area (Å²) in [5, 5.41) is 18.7. The van der Waals surface area contributed by atoms with Crippen LogP contribution in [0, 0.1) is 10.1 Å². The maximum Gasteiger partial charge on any atom is 0.340 e. The summed E-state index contributed by atoms with van der Waals surface area (Å²) in [4.78, 5) is 62.2. The molecule has 0 aromatic heterocycles. The molecule has 0 aliphatic rings. The number of amides is 1. The zero-order chi connectivity index (χ0) is 20.8. The van der Waals surface area contributed by atoms with E-state index in [1.54, 1.807) is 0 Å². The molecule has 152 valence electrons. The van der Waals surface area contributed by atoms with E-state index in [0.717, 1.165) is 0 Å². The van der Waals surface area contributed by atoms with Crippen molar-refractivity contribution < 1.29 is 48.5 Å². The molecular formula is C12H18N2O11P2. The van der Waals surface area contributed by atoms with Crippen molar-refractivity contribution in [3.63, 3.8) is 0 Å². The molecule has 0 heterocycles. The van der Waals surface area contributed by atoms with Gasteiger partial charge in [0.05, 0.1) is 0 Å². The first kappa shape index (κ1) is 23.2. The predicted octanol–water partition coefficient (Wildman–Crippen LogP) is -0.0952. The summed E-state index contributed by atoms with van der Waals surface area (Å²) < 4.78 is 22.3. The van der Waals surface area contributed by atoms with Crippen LogP contribution in [0.5, 0.6) is 0 Å². The van der Waals surface area contributed by atoms with Gasteiger partial charge in [-0.25, -0.2) is 0 Å². The van der Waals surface area contributed by atoms with E-state index in [4.69, 9.17) is 19.6 Å². The molecule has 1 unspecified atom stereocenters. The Balaban J connectivity index is 2.62. The first-order valence-corrected chi connectivity index (χ1v) is 10.6. The van der Waals surface area contributed by atoms with Gasteiger partial charge < -0.3 is 34.8 Å². The number of carbonyl (C=O) groups is 1. The number of aliphatic hydroxyl groups is 1. The third-order valence-corrected chi connectivity index (χ3v) is 7.20. The lowest BCUT2D eigenvalue weighted by atomic mass is 10.1. The summed E-state index contributed by atoms with van der Waals surface area (Å²) in [5.41, 5.74) is 0.482. The Kier molecular flexibility index (Phi) is 8.05. The van der Waals surface area contributed by atoms with E-state index in [9.17, 15) is 29.1 Å². The number of nitrogens with one attached hydrogen (secondary N) is 1. The van der Waals surface area contributed by atoms with Crippen molar-refractivity contribution in [2.75, 3.05) is 0 Å². The Morgan fingerprint density at radius 3 is 2.07 bits per heavy atom. The molecule has 0 saturated heterocycles. The van der Waals surface area contributed by atoms with Crippen LogP contribution in [-0.4, -0.2) is 47.3 Å². The van der Waals surface area contributed by atoms with E-state index in [1.807, 2.05) is 0 Å². The smallest absolute Gasteiger partial charge is 0.340 e. The Hall–Kier alpha value is -1.85. The van der Waals surface area contributed by atoms with E-state index in [0.29, 0.717) is 5.56 Å². The summed E-state index contributed by atoms with van der Waals surface area (Å²) in [5.74, 6) is -0.770. The molecule has 6 N–H and O–H groups in total. The van der Waals surface area contributed by atoms with Crippen LogP contribution in [0.4, 0.5) is 0 Å². The molecule has 0 radical (unpaired) electrons. The summed E-state index contributed by atoms with van der Waals surface area (Å²) in [7, 11) is -10.2. The van der Waals surface area contributed by atoms with Gasteiger partial charge in [-0.15, -0.1) is 10.1 Å². The first-order chi connectivity index (χ1) is 12.3. The quantitative estimate of drug-likeness (QED) is 0.125. The average molecular weight is 428 g/mol. The average Bonchev–Trinajstić information content (AvgIpc) is 2.50. The fourth-order valence-electron chi connectivity index (χ4n) is 2.03. The lowest BCUT2D eigenvalue weighted by Crippen LogP contribution is -2.35. The number of nitrogens with zero attached hydrogens (tertiary/aromatic N) is 1. The molecule has 0 spiro atoms. The van der Waals surface area contributed by atoms with Gasteiger partial charge in [-0.05, 0) is 30.5 Å². The molecule has 1 amide bonds. The van der Waals surface area contributed by atoms with Crippen LogP contribution in [0.1, 0.15) is 28.8 Å². The summed E-state index contributed by atoms with van der Waals surface area (Å²) in [6.07, 6.45) is -2.86. The minimum Gasteiger partial charge on any atom is -0.374 e. The van der Waals surface area contributed by atoms with Crippen molar-refractivity contribution >= 4 is 21.1 Å². The second-order valence-electron chi connectivity index (χ2n) is 5.42. The van der Waals surface area contributed by atoms with Gasteiger partial charge in [0, 0.05) is 5.56 Å². The molecule has 1 rings (SSSR count). The first-order valence-electron chi connectivity index (χ1n) is 7.26. The van der Waals surface area contributed by atoms with Crippen molar-refractivity contribution in [1.82, 2.24) is 5.32 Å². The number of aliphatic hydroxyl groups excluding tert-OH is 1. The zero-order valence-electron chi connectivity index (χ0n) is 13.6. The molecule has 1 aromatic carbocycles. The maximum absolute atomic E-state index is 12.0. The van der Waals surface area contributed by atoms with E-state index >= 15 is 0 Å². The fourth-order valence-corrected chi connectivity index (χ4v) is 4.56. The van der Waals surface area contributed by atoms with Crippen molar-refractivity contribution in [2.24, 2.45) is 0 Å². The summed E-state index contributed by atoms with van der Waals surface area (Å²) in [6.45, 7) is -0.316. The molecular weight excluding hydrogens is 410 g/mol. The monoisotopic (exact) mass is 428 g/mol. The normalized spacial score (nSPS) is 13.3. The predicted molar refractivity (Wildman–Crippen MR) is 88.8 cm³/mol. The third-order valence-electron chi connectivity index (χ3n) is 3.33. The van der Waals surface area contributed by atoms with Crippen LogP contribution in [0.15, 0.2) is 24.3 Å². The Bertz CT molecular complexity index is 735. The Morgan fingerprint density at radius 2 is 1.63 bits per heavy atom. The van der Waals surface area contributed by atoms with Crippen LogP contribution >= 0.6 is 15.2 Å². The van der Waals surface area contributed by atoms with Gasteiger partial charge in [-0.3, -0.25) is 13.9 Å². The molecule has 1 atom stereocenters. The topological polar surface area (TPSA) is 217 Å². The fraction of sp³-hybridized carbons (Fsp3) is 0.417. The van der Waals surface area contributed by atoms with Gasteiger partial charge in [-0.1, -0.05) is 12.1 Å². The SMILES string of the molecule is O=C(NC(O)CCC(P(=O)(O)O)P(=O)(O)O)c1ccc(CO[N+](=O)[O-])cc1. The molecule has 15 heteroatoms. The van der Waals surface area contributed by atoms with Crippen LogP contribution in [0.3, 0.4) is 0 Å². The van der Waals surface area contributed by atoms with Crippen LogP contribution in [-0.2, 0) is 20.6 Å². The lowest BCUT2D eigenvalue weighted by Gasteiger charge is -2.21. The van der Waals surface area contributed by atoms with E-state index in [1.165, 1.54) is 24.3 Å². The van der Waals surface area contributed by atoms with Gasteiger partial charge in [-0.2, -0.15) is 0 Å². The highest BCUT2D eigenvalue weighted by atomic mass is 31.2. The van der Waals surface area contributed by atoms with Gasteiger partial charge in [0.15, 0.2) is 5.40 Å². The number of hydrogen-bond donors (Lipinski definition) is 6. The van der Waals surface area contributed by atoms with Crippen molar-refractivity contribution in [1.29, 1.82) is 0 Å². The number of carbonyl (C=O) groups excluding carboxylic acids is 1. The van der Waals surface area contributed by atoms with E-state index in [2.05, 4.69) is 10.2 Å². The van der Waals surface area contributed by atoms with Crippen LogP contribution < -0.4 is 5.32 Å². The lowest BCUT2D eigenvalue weighted by molar-refractivity contribution is -0.763. The third kappa shape index (κ3) is 8.14. The van der Waals surface area contributed by atoms with Gasteiger partial charge in [0.25, 0.3) is 11.0 Å². The number of benzene rings is 1. The summed E-state index contributed by atoms with van der Waals surface area (Å²) in [6, 6.07) is 5.36. The zero-order valence-corrected chi connectivity index (χ0v) is 15.4. The second kappa shape index (κ2) is 9.38. The van der Waals surface area contributed by atoms with Crippen molar-refractivity contribution in [2.45, 2.75) is 31.1 Å². The summed E-state index contributed by atoms with van der Waals surface area (Å²) >= 11 is 0. The molecule has 0 bridgehead atoms. The largest absolute Gasteiger partial charge is 0.374 e. The van der Waals surface area contributed by atoms with Crippen LogP contribution in [0.2, 0.25) is 0 Å². The highest BCUT2D eigenvalue weighted by Crippen LogP contribution is 2.61. The molecule has 1 aromatic rings. The van der Waals surface area contributed by atoms with Gasteiger partial charge in [0.1, 0.15) is 12.8 Å². The van der Waals surface area contributed by atoms with E-state index in [-0.39, 0.29) is 12.2 Å². The van der Waals surface area contributed by atoms with Crippen molar-refractivity contribution in [3.05, 3.63) is 45.5 Å². The Labute approximate surface area is 152 Å². The molecule has 13 nitrogen and oxygen atoms in total. The van der Waals surface area contributed by atoms with Crippen LogP contribution in [0.25, 0.3) is 0 Å². The highest BCUT2D eigenvalue weighted by molar-refractivity contribution is 7.70. The molecule has 0 aliphatic heterocycles. The minimum atomic E-state index is -5.11. The van der Waals surface area contributed by atoms with E-state index < -0.39 is 50.7 Å². The number of hydrogen-bond acceptors (Lipinski definition) is 7. The standard InChI is InChI=1S/C12H18N2O11P2/c15-10(5-6-11(26(19,20)21)27(22,23)24)13-12(16)9-3-1-8(2-4-9)7-25-14(17)18/h1-4,10-11,15H,5-7H2,(H,13,16)(H2,19,20,21)(H2,22,23,24). The molecule has 27 heavy (non-hydrogen) atoms. The number of rotatable bonds is 10. The molecule has 0 fully saturated rings. The minimum absolute atomic E-state index is 0.0698. The second-order valence-corrected chi connectivity index (χ2v) is 9.43. The highest BCUT2D eigenvalue weighted by Gasteiger charge is 2.43. The maximum atomic E-state index is 12.0. The molecule has 0 saturated carbocycles. The molecule has 0 aliphatic carbocycles. The van der Waals surface area contributed by atoms with Crippen molar-refractivity contribution in [3.8, 4) is 0 Å². The Morgan fingerprint density at radius 1 is 1.11 bits per heavy atom. The van der Waals surface area contributed by atoms with Gasteiger partial charge >= 0.3 is 15.2 Å².